The Morgan fingerprint density at radius 3 is 1.85 bits per heavy atom. The van der Waals surface area contributed by atoms with Gasteiger partial charge in [0.05, 0.1) is 0 Å². The van der Waals surface area contributed by atoms with Crippen LogP contribution < -0.4 is 11.1 Å². The zero-order valence-corrected chi connectivity index (χ0v) is 19.0. The molecule has 0 bridgehead atoms. The van der Waals surface area contributed by atoms with Crippen LogP contribution >= 0.6 is 11.3 Å². The molecule has 0 unspecified atom stereocenters. The molecule has 33 heavy (non-hydrogen) atoms. The second-order valence-corrected chi connectivity index (χ2v) is 8.09. The molecule has 0 fully saturated rings. The van der Waals surface area contributed by atoms with Gasteiger partial charge in [-0.1, -0.05) is 96.2 Å². The molecule has 166 valence electrons. The van der Waals surface area contributed by atoms with Crippen molar-refractivity contribution in [3.63, 3.8) is 0 Å². The van der Waals surface area contributed by atoms with Crippen molar-refractivity contribution in [3.05, 3.63) is 119 Å². The molecule has 1 aromatic heterocycles. The summed E-state index contributed by atoms with van der Waals surface area (Å²) >= 11 is 1.37. The number of carbonyl (C=O) groups is 1. The Hall–Kier alpha value is -3.97. The molecule has 0 saturated heterocycles. The van der Waals surface area contributed by atoms with Crippen molar-refractivity contribution in [1.29, 1.82) is 0 Å². The molecule has 3 N–H and O–H groups in total. The number of anilines is 1. The van der Waals surface area contributed by atoms with Crippen LogP contribution in [0.2, 0.25) is 0 Å². The molecule has 0 atom stereocenters. The first kappa shape index (κ1) is 22.2. The third-order valence-corrected chi connectivity index (χ3v) is 5.94. The van der Waals surface area contributed by atoms with E-state index in [4.69, 9.17) is 10.6 Å². The van der Waals surface area contributed by atoms with Gasteiger partial charge in [0.15, 0.2) is 10.8 Å². The standard InChI is InChI=1S/C26H24N4O2S/c1-2-32-30-23(24(27)31)22-18-33-25(28-22)29-26(19-12-6-3-7-13-19,20-14-8-4-9-15-20)21-16-10-5-11-17-21/h3-18H,2H2,1H3,(H2,27,31)(H,28,29). The summed E-state index contributed by atoms with van der Waals surface area (Å²) in [6.45, 7) is 2.11. The second kappa shape index (κ2) is 10.1. The highest BCUT2D eigenvalue weighted by molar-refractivity contribution is 7.14. The Bertz CT molecular complexity index is 1130. The summed E-state index contributed by atoms with van der Waals surface area (Å²) in [6, 6.07) is 30.6. The minimum atomic E-state index is -0.719. The number of rotatable bonds is 9. The summed E-state index contributed by atoms with van der Waals surface area (Å²) < 4.78 is 0. The number of primary amides is 1. The van der Waals surface area contributed by atoms with Gasteiger partial charge in [-0.2, -0.15) is 0 Å². The van der Waals surface area contributed by atoms with Crippen molar-refractivity contribution >= 4 is 28.1 Å². The molecule has 4 aromatic rings. The van der Waals surface area contributed by atoms with E-state index in [1.54, 1.807) is 12.3 Å². The van der Waals surface area contributed by atoms with Gasteiger partial charge >= 0.3 is 0 Å². The maximum atomic E-state index is 11.9. The van der Waals surface area contributed by atoms with Crippen molar-refractivity contribution in [3.8, 4) is 0 Å². The third kappa shape index (κ3) is 4.63. The molecule has 0 aliphatic carbocycles. The minimum absolute atomic E-state index is 0.00844. The van der Waals surface area contributed by atoms with E-state index in [2.05, 4.69) is 51.9 Å². The van der Waals surface area contributed by atoms with E-state index in [-0.39, 0.29) is 5.71 Å². The van der Waals surface area contributed by atoms with Gasteiger partial charge < -0.3 is 15.9 Å². The van der Waals surface area contributed by atoms with E-state index in [1.165, 1.54) is 11.3 Å². The lowest BCUT2D eigenvalue weighted by Crippen LogP contribution is -2.38. The molecule has 3 aromatic carbocycles. The summed E-state index contributed by atoms with van der Waals surface area (Å²) in [5.74, 6) is -0.694. The fraction of sp³-hybridized carbons (Fsp3) is 0.115. The SMILES string of the molecule is CCON=C(C(N)=O)c1csc(NC(c2ccccc2)(c2ccccc2)c2ccccc2)n1. The zero-order valence-electron chi connectivity index (χ0n) is 18.1. The fourth-order valence-corrected chi connectivity index (χ4v) is 4.48. The number of hydrogen-bond donors (Lipinski definition) is 2. The van der Waals surface area contributed by atoms with Gasteiger partial charge in [-0.25, -0.2) is 4.98 Å². The lowest BCUT2D eigenvalue weighted by molar-refractivity contribution is -0.112. The number of aromatic nitrogens is 1. The van der Waals surface area contributed by atoms with Crippen LogP contribution in [0.15, 0.2) is 102 Å². The quantitative estimate of drug-likeness (QED) is 0.216. The fourth-order valence-electron chi connectivity index (χ4n) is 3.73. The van der Waals surface area contributed by atoms with E-state index in [0.717, 1.165) is 16.7 Å². The molecule has 0 spiro atoms. The maximum absolute atomic E-state index is 11.9. The summed E-state index contributed by atoms with van der Waals surface area (Å²) in [4.78, 5) is 21.6. The minimum Gasteiger partial charge on any atom is -0.395 e. The third-order valence-electron chi connectivity index (χ3n) is 5.18. The number of thiazole rings is 1. The van der Waals surface area contributed by atoms with Crippen LogP contribution in [0.1, 0.15) is 29.3 Å². The zero-order chi connectivity index (χ0) is 23.1. The largest absolute Gasteiger partial charge is 0.395 e. The highest BCUT2D eigenvalue weighted by atomic mass is 32.1. The smallest absolute Gasteiger partial charge is 0.273 e. The molecule has 1 heterocycles. The van der Waals surface area contributed by atoms with E-state index < -0.39 is 11.4 Å². The van der Waals surface area contributed by atoms with Gasteiger partial charge in [0, 0.05) is 5.38 Å². The monoisotopic (exact) mass is 456 g/mol. The maximum Gasteiger partial charge on any atom is 0.273 e. The predicted octanol–water partition coefficient (Wildman–Crippen LogP) is 4.77. The number of carbonyl (C=O) groups excluding carboxylic acids is 1. The van der Waals surface area contributed by atoms with Crippen molar-refractivity contribution in [2.24, 2.45) is 10.9 Å². The number of oxime groups is 1. The van der Waals surface area contributed by atoms with Crippen molar-refractivity contribution in [1.82, 2.24) is 4.98 Å². The van der Waals surface area contributed by atoms with Gasteiger partial charge in [0.1, 0.15) is 17.8 Å². The molecule has 6 nitrogen and oxygen atoms in total. The number of benzene rings is 3. The summed E-state index contributed by atoms with van der Waals surface area (Å²) in [7, 11) is 0. The number of nitrogens with zero attached hydrogens (tertiary/aromatic N) is 2. The van der Waals surface area contributed by atoms with Crippen molar-refractivity contribution in [2.75, 3.05) is 11.9 Å². The molecule has 0 radical (unpaired) electrons. The first-order valence-electron chi connectivity index (χ1n) is 10.6. The molecule has 0 saturated carbocycles. The second-order valence-electron chi connectivity index (χ2n) is 7.23. The normalized spacial score (nSPS) is 11.7. The van der Waals surface area contributed by atoms with Crippen LogP contribution in [-0.2, 0) is 15.2 Å². The molecule has 4 rings (SSSR count). The van der Waals surface area contributed by atoms with Gasteiger partial charge in [0.2, 0.25) is 0 Å². The van der Waals surface area contributed by atoms with Crippen LogP contribution in [0.3, 0.4) is 0 Å². The topological polar surface area (TPSA) is 89.6 Å². The highest BCUT2D eigenvalue weighted by Crippen LogP contribution is 2.40. The Kier molecular flexibility index (Phi) is 6.80. The van der Waals surface area contributed by atoms with Gasteiger partial charge in [-0.3, -0.25) is 4.79 Å². The van der Waals surface area contributed by atoms with Crippen molar-refractivity contribution in [2.45, 2.75) is 12.5 Å². The number of hydrogen-bond acceptors (Lipinski definition) is 6. The van der Waals surface area contributed by atoms with Crippen LogP contribution in [0.4, 0.5) is 5.13 Å². The van der Waals surface area contributed by atoms with E-state index in [1.807, 2.05) is 54.6 Å². The summed E-state index contributed by atoms with van der Waals surface area (Å²) in [5, 5.41) is 9.89. The van der Waals surface area contributed by atoms with Crippen LogP contribution in [-0.4, -0.2) is 23.2 Å². The average Bonchev–Trinajstić information content (AvgIpc) is 3.32. The first-order chi connectivity index (χ1) is 16.1. The van der Waals surface area contributed by atoms with Crippen LogP contribution in [0.25, 0.3) is 0 Å². The number of nitrogens with one attached hydrogen (secondary N) is 1. The van der Waals surface area contributed by atoms with Crippen molar-refractivity contribution < 1.29 is 9.63 Å². The Morgan fingerprint density at radius 1 is 0.939 bits per heavy atom. The van der Waals surface area contributed by atoms with Gasteiger partial charge in [-0.15, -0.1) is 11.3 Å². The lowest BCUT2D eigenvalue weighted by Gasteiger charge is -2.36. The average molecular weight is 457 g/mol. The van der Waals surface area contributed by atoms with Gasteiger partial charge in [0.25, 0.3) is 5.91 Å². The van der Waals surface area contributed by atoms with Crippen LogP contribution in [0.5, 0.6) is 0 Å². The number of amides is 1. The van der Waals surface area contributed by atoms with E-state index in [9.17, 15) is 4.79 Å². The summed E-state index contributed by atoms with van der Waals surface area (Å²) in [5.41, 5.74) is 8.31. The Morgan fingerprint density at radius 2 is 1.42 bits per heavy atom. The number of nitrogens with two attached hydrogens (primary N) is 1. The first-order valence-corrected chi connectivity index (χ1v) is 11.4. The lowest BCUT2D eigenvalue weighted by atomic mass is 9.77. The summed E-state index contributed by atoms with van der Waals surface area (Å²) in [6.07, 6.45) is 0. The van der Waals surface area contributed by atoms with E-state index in [0.29, 0.717) is 17.4 Å². The highest BCUT2D eigenvalue weighted by Gasteiger charge is 2.37. The Balaban J connectivity index is 1.87. The Labute approximate surface area is 196 Å². The molecular weight excluding hydrogens is 432 g/mol. The van der Waals surface area contributed by atoms with Crippen LogP contribution in [0, 0.1) is 0 Å². The molecule has 0 aliphatic rings. The van der Waals surface area contributed by atoms with E-state index >= 15 is 0 Å². The molecular formula is C26H24N4O2S. The molecule has 1 amide bonds. The van der Waals surface area contributed by atoms with Gasteiger partial charge in [-0.05, 0) is 23.6 Å². The molecule has 7 heteroatoms. The predicted molar refractivity (Wildman–Crippen MR) is 132 cm³/mol. The molecule has 0 aliphatic heterocycles.